The quantitative estimate of drug-likeness (QED) is 0.555. The summed E-state index contributed by atoms with van der Waals surface area (Å²) in [6.07, 6.45) is 2.89. The molecule has 0 aromatic heterocycles. The Balaban J connectivity index is 1.57. The third kappa shape index (κ3) is 5.03. The Kier molecular flexibility index (Phi) is 6.20. The first-order valence-corrected chi connectivity index (χ1v) is 9.04. The van der Waals surface area contributed by atoms with Crippen LogP contribution in [0.5, 0.6) is 5.75 Å². The molecule has 6 heteroatoms. The number of nitrogens with zero attached hydrogens (tertiary/aromatic N) is 1. The maximum absolute atomic E-state index is 12.1. The molecule has 1 aliphatic rings. The molecular formula is C20H18BrNO4. The predicted molar refractivity (Wildman–Crippen MR) is 102 cm³/mol. The number of amides is 1. The lowest BCUT2D eigenvalue weighted by Gasteiger charge is -2.25. The zero-order valence-corrected chi connectivity index (χ0v) is 15.6. The highest BCUT2D eigenvalue weighted by Gasteiger charge is 2.18. The molecule has 1 amide bonds. The lowest BCUT2D eigenvalue weighted by atomic mass is 10.1. The fourth-order valence-electron chi connectivity index (χ4n) is 2.44. The summed E-state index contributed by atoms with van der Waals surface area (Å²) in [5.41, 5.74) is 1.47. The summed E-state index contributed by atoms with van der Waals surface area (Å²) >= 11 is 3.34. The normalized spacial score (nSPS) is 14.4. The maximum atomic E-state index is 12.1. The summed E-state index contributed by atoms with van der Waals surface area (Å²) in [5.74, 6) is 0.401. The van der Waals surface area contributed by atoms with Gasteiger partial charge in [-0.3, -0.25) is 4.79 Å². The monoisotopic (exact) mass is 415 g/mol. The third-order valence-corrected chi connectivity index (χ3v) is 4.44. The van der Waals surface area contributed by atoms with Crippen molar-refractivity contribution in [2.45, 2.75) is 0 Å². The molecule has 134 valence electrons. The summed E-state index contributed by atoms with van der Waals surface area (Å²) in [4.78, 5) is 25.8. The minimum absolute atomic E-state index is 0.0691. The highest BCUT2D eigenvalue weighted by Crippen LogP contribution is 2.16. The number of hydrogen-bond donors (Lipinski definition) is 0. The molecule has 1 saturated heterocycles. The van der Waals surface area contributed by atoms with E-state index in [1.54, 1.807) is 47.4 Å². The van der Waals surface area contributed by atoms with Gasteiger partial charge in [0.25, 0.3) is 0 Å². The minimum Gasteiger partial charge on any atom is -0.410 e. The fraction of sp³-hybridized carbons (Fsp3) is 0.200. The number of allylic oxidation sites excluding steroid dienone is 1. The van der Waals surface area contributed by atoms with Gasteiger partial charge in [0.15, 0.2) is 5.78 Å². The van der Waals surface area contributed by atoms with Crippen molar-refractivity contribution in [2.24, 2.45) is 0 Å². The Bertz CT molecular complexity index is 794. The second-order valence-corrected chi connectivity index (χ2v) is 6.66. The highest BCUT2D eigenvalue weighted by atomic mass is 79.9. The van der Waals surface area contributed by atoms with Crippen molar-refractivity contribution >= 4 is 33.9 Å². The van der Waals surface area contributed by atoms with Crippen LogP contribution in [-0.4, -0.2) is 43.1 Å². The van der Waals surface area contributed by atoms with Crippen molar-refractivity contribution in [3.05, 3.63) is 70.2 Å². The van der Waals surface area contributed by atoms with E-state index in [9.17, 15) is 9.59 Å². The Labute approximate surface area is 160 Å². The largest absolute Gasteiger partial charge is 0.415 e. The molecule has 1 fully saturated rings. The smallest absolute Gasteiger partial charge is 0.410 e. The molecule has 0 spiro atoms. The summed E-state index contributed by atoms with van der Waals surface area (Å²) in [6, 6.07) is 14.2. The lowest BCUT2D eigenvalue weighted by molar-refractivity contribution is 0.0416. The molecule has 0 bridgehead atoms. The average Bonchev–Trinajstić information content (AvgIpc) is 2.68. The predicted octanol–water partition coefficient (Wildman–Crippen LogP) is 4.18. The highest BCUT2D eigenvalue weighted by molar-refractivity contribution is 9.10. The zero-order chi connectivity index (χ0) is 18.4. The third-order valence-electron chi connectivity index (χ3n) is 3.91. The van der Waals surface area contributed by atoms with E-state index in [0.29, 0.717) is 37.6 Å². The second-order valence-electron chi connectivity index (χ2n) is 5.74. The summed E-state index contributed by atoms with van der Waals surface area (Å²) in [6.45, 7) is 2.14. The van der Waals surface area contributed by atoms with Crippen molar-refractivity contribution in [3.8, 4) is 5.75 Å². The molecular weight excluding hydrogens is 398 g/mol. The Hall–Kier alpha value is -2.44. The number of benzene rings is 2. The average molecular weight is 416 g/mol. The first kappa shape index (κ1) is 18.4. The van der Waals surface area contributed by atoms with Crippen molar-refractivity contribution in [3.63, 3.8) is 0 Å². The number of rotatable bonds is 4. The van der Waals surface area contributed by atoms with Gasteiger partial charge in [0.05, 0.1) is 13.2 Å². The molecule has 26 heavy (non-hydrogen) atoms. The fourth-order valence-corrected chi connectivity index (χ4v) is 2.70. The lowest BCUT2D eigenvalue weighted by Crippen LogP contribution is -2.42. The number of ether oxygens (including phenoxy) is 2. The van der Waals surface area contributed by atoms with Crippen molar-refractivity contribution < 1.29 is 19.1 Å². The summed E-state index contributed by atoms with van der Waals surface area (Å²) in [5, 5.41) is 0. The van der Waals surface area contributed by atoms with Gasteiger partial charge in [0.1, 0.15) is 5.75 Å². The molecule has 0 radical (unpaired) electrons. The van der Waals surface area contributed by atoms with Crippen LogP contribution in [0, 0.1) is 0 Å². The molecule has 5 nitrogen and oxygen atoms in total. The Morgan fingerprint density at radius 3 is 2.31 bits per heavy atom. The van der Waals surface area contributed by atoms with E-state index in [4.69, 9.17) is 9.47 Å². The van der Waals surface area contributed by atoms with Gasteiger partial charge in [-0.25, -0.2) is 4.79 Å². The number of carbonyl (C=O) groups excluding carboxylic acids is 2. The van der Waals surface area contributed by atoms with Crippen LogP contribution in [0.3, 0.4) is 0 Å². The van der Waals surface area contributed by atoms with E-state index in [1.807, 2.05) is 12.1 Å². The van der Waals surface area contributed by atoms with E-state index < -0.39 is 0 Å². The van der Waals surface area contributed by atoms with Crippen LogP contribution in [0.4, 0.5) is 4.79 Å². The van der Waals surface area contributed by atoms with Crippen LogP contribution in [0.1, 0.15) is 15.9 Å². The molecule has 1 aliphatic heterocycles. The molecule has 3 rings (SSSR count). The van der Waals surface area contributed by atoms with Gasteiger partial charge >= 0.3 is 6.09 Å². The van der Waals surface area contributed by atoms with Crippen LogP contribution in [-0.2, 0) is 4.74 Å². The Morgan fingerprint density at radius 1 is 1.00 bits per heavy atom. The van der Waals surface area contributed by atoms with Crippen LogP contribution in [0.15, 0.2) is 59.1 Å². The van der Waals surface area contributed by atoms with Crippen LogP contribution >= 0.6 is 15.9 Å². The number of hydrogen-bond acceptors (Lipinski definition) is 4. The molecule has 0 saturated carbocycles. The first-order valence-electron chi connectivity index (χ1n) is 8.24. The molecule has 2 aromatic rings. The molecule has 1 heterocycles. The molecule has 0 aliphatic carbocycles. The molecule has 0 atom stereocenters. The summed E-state index contributed by atoms with van der Waals surface area (Å²) < 4.78 is 11.5. The van der Waals surface area contributed by atoms with Crippen LogP contribution in [0.2, 0.25) is 0 Å². The van der Waals surface area contributed by atoms with E-state index in [1.165, 1.54) is 6.08 Å². The van der Waals surface area contributed by atoms with Gasteiger partial charge in [0, 0.05) is 23.1 Å². The van der Waals surface area contributed by atoms with Gasteiger partial charge in [-0.05, 0) is 48.0 Å². The number of morpholine rings is 1. The van der Waals surface area contributed by atoms with Gasteiger partial charge in [-0.1, -0.05) is 34.1 Å². The Morgan fingerprint density at radius 2 is 1.65 bits per heavy atom. The van der Waals surface area contributed by atoms with Crippen molar-refractivity contribution in [2.75, 3.05) is 26.3 Å². The van der Waals surface area contributed by atoms with Crippen molar-refractivity contribution in [1.29, 1.82) is 0 Å². The standard InChI is InChI=1S/C20H18BrNO4/c21-17-6-4-16(5-7-17)19(23)10-3-15-1-8-18(9-2-15)26-20(24)22-11-13-25-14-12-22/h1-10H,11-14H2/b10-3+. The summed E-state index contributed by atoms with van der Waals surface area (Å²) in [7, 11) is 0. The van der Waals surface area contributed by atoms with Crippen molar-refractivity contribution in [1.82, 2.24) is 4.90 Å². The van der Waals surface area contributed by atoms with Gasteiger partial charge < -0.3 is 14.4 Å². The van der Waals surface area contributed by atoms with Gasteiger partial charge in [-0.15, -0.1) is 0 Å². The van der Waals surface area contributed by atoms with E-state index in [2.05, 4.69) is 15.9 Å². The molecule has 0 N–H and O–H groups in total. The minimum atomic E-state index is -0.373. The first-order chi connectivity index (χ1) is 12.6. The van der Waals surface area contributed by atoms with E-state index in [-0.39, 0.29) is 11.9 Å². The van der Waals surface area contributed by atoms with Crippen LogP contribution < -0.4 is 4.74 Å². The SMILES string of the molecule is O=C(/C=C/c1ccc(OC(=O)N2CCOCC2)cc1)c1ccc(Br)cc1. The molecule has 2 aromatic carbocycles. The number of carbonyl (C=O) groups is 2. The zero-order valence-electron chi connectivity index (χ0n) is 14.1. The maximum Gasteiger partial charge on any atom is 0.415 e. The number of ketones is 1. The van der Waals surface area contributed by atoms with Gasteiger partial charge in [-0.2, -0.15) is 0 Å². The second kappa shape index (κ2) is 8.78. The van der Waals surface area contributed by atoms with E-state index >= 15 is 0 Å². The van der Waals surface area contributed by atoms with E-state index in [0.717, 1.165) is 10.0 Å². The topological polar surface area (TPSA) is 55.8 Å². The van der Waals surface area contributed by atoms with Gasteiger partial charge in [0.2, 0.25) is 0 Å². The number of halogens is 1. The molecule has 0 unspecified atom stereocenters. The van der Waals surface area contributed by atoms with Crippen LogP contribution in [0.25, 0.3) is 6.08 Å².